The van der Waals surface area contributed by atoms with Crippen LogP contribution in [0.1, 0.15) is 64.4 Å². The average Bonchev–Trinajstić information content (AvgIpc) is 3.20. The summed E-state index contributed by atoms with van der Waals surface area (Å²) in [5.74, 6) is 2.26. The largest absolute Gasteiger partial charge is 0.490 e. The number of piperidine rings is 1. The van der Waals surface area contributed by atoms with E-state index in [1.54, 1.807) is 19.1 Å². The normalized spacial score (nSPS) is 20.3. The van der Waals surface area contributed by atoms with Gasteiger partial charge in [-0.05, 0) is 73.4 Å². The highest BCUT2D eigenvalue weighted by Crippen LogP contribution is 2.38. The SMILES string of the molecule is CCOC(=O)c1ccc(OC2CC3CCC(C2)N3C(=O)c2ccc(CSCc3ccccc3Cl)cc2)cc1. The second kappa shape index (κ2) is 12.3. The predicted molar refractivity (Wildman–Crippen MR) is 152 cm³/mol. The van der Waals surface area contributed by atoms with Gasteiger partial charge in [0.15, 0.2) is 0 Å². The number of esters is 1. The van der Waals surface area contributed by atoms with Gasteiger partial charge in [0.2, 0.25) is 0 Å². The van der Waals surface area contributed by atoms with E-state index in [4.69, 9.17) is 21.1 Å². The highest BCUT2D eigenvalue weighted by molar-refractivity contribution is 7.97. The summed E-state index contributed by atoms with van der Waals surface area (Å²) in [5.41, 5.74) is 3.60. The van der Waals surface area contributed by atoms with Crippen LogP contribution in [0.3, 0.4) is 0 Å². The fourth-order valence-electron chi connectivity index (χ4n) is 5.42. The van der Waals surface area contributed by atoms with E-state index in [0.29, 0.717) is 12.2 Å². The van der Waals surface area contributed by atoms with Crippen LogP contribution < -0.4 is 4.74 Å². The number of carbonyl (C=O) groups is 2. The minimum absolute atomic E-state index is 0.0579. The van der Waals surface area contributed by atoms with Crippen molar-refractivity contribution in [3.63, 3.8) is 0 Å². The van der Waals surface area contributed by atoms with Crippen molar-refractivity contribution in [2.45, 2.75) is 62.3 Å². The number of thioether (sulfide) groups is 1. The number of halogens is 1. The molecule has 5 rings (SSSR count). The van der Waals surface area contributed by atoms with Gasteiger partial charge in [-0.15, -0.1) is 0 Å². The summed E-state index contributed by atoms with van der Waals surface area (Å²) in [7, 11) is 0. The Bertz CT molecular complexity index is 1250. The number of ether oxygens (including phenoxy) is 2. The van der Waals surface area contributed by atoms with Crippen molar-refractivity contribution in [3.8, 4) is 5.75 Å². The molecule has 0 aliphatic carbocycles. The van der Waals surface area contributed by atoms with E-state index in [9.17, 15) is 9.59 Å². The Morgan fingerprint density at radius 3 is 2.21 bits per heavy atom. The van der Waals surface area contributed by atoms with Gasteiger partial charge in [0, 0.05) is 47.0 Å². The summed E-state index contributed by atoms with van der Waals surface area (Å²) in [4.78, 5) is 27.4. The molecule has 5 nitrogen and oxygen atoms in total. The lowest BCUT2D eigenvalue weighted by atomic mass is 9.98. The quantitative estimate of drug-likeness (QED) is 0.265. The molecular formula is C31H32ClNO4S. The van der Waals surface area contributed by atoms with Crippen molar-refractivity contribution in [3.05, 3.63) is 100 Å². The Morgan fingerprint density at radius 2 is 1.55 bits per heavy atom. The van der Waals surface area contributed by atoms with Crippen LogP contribution in [0.4, 0.5) is 0 Å². The summed E-state index contributed by atoms with van der Waals surface area (Å²) < 4.78 is 11.3. The molecule has 1 amide bonds. The molecule has 2 atom stereocenters. The van der Waals surface area contributed by atoms with E-state index in [1.165, 1.54) is 5.56 Å². The van der Waals surface area contributed by atoms with E-state index in [0.717, 1.165) is 59.1 Å². The minimum Gasteiger partial charge on any atom is -0.490 e. The summed E-state index contributed by atoms with van der Waals surface area (Å²) in [5, 5.41) is 0.802. The number of hydrogen-bond acceptors (Lipinski definition) is 5. The molecular weight excluding hydrogens is 518 g/mol. The van der Waals surface area contributed by atoms with Crippen molar-refractivity contribution in [1.82, 2.24) is 4.90 Å². The molecule has 0 saturated carbocycles. The molecule has 2 heterocycles. The van der Waals surface area contributed by atoms with Gasteiger partial charge < -0.3 is 14.4 Å². The third-order valence-electron chi connectivity index (χ3n) is 7.28. The first kappa shape index (κ1) is 26.6. The molecule has 0 radical (unpaired) electrons. The Balaban J connectivity index is 1.14. The van der Waals surface area contributed by atoms with E-state index in [2.05, 4.69) is 23.1 Å². The summed E-state index contributed by atoms with van der Waals surface area (Å²) in [6.45, 7) is 2.14. The van der Waals surface area contributed by atoms with Crippen molar-refractivity contribution in [1.29, 1.82) is 0 Å². The molecule has 3 aromatic carbocycles. The van der Waals surface area contributed by atoms with Crippen LogP contribution in [-0.4, -0.2) is 41.6 Å². The first-order valence-corrected chi connectivity index (χ1v) is 14.7. The molecule has 2 aliphatic rings. The van der Waals surface area contributed by atoms with Gasteiger partial charge in [0.25, 0.3) is 5.91 Å². The highest BCUT2D eigenvalue weighted by atomic mass is 35.5. The first-order chi connectivity index (χ1) is 18.5. The molecule has 0 N–H and O–H groups in total. The molecule has 7 heteroatoms. The number of benzene rings is 3. The topological polar surface area (TPSA) is 55.8 Å². The molecule has 2 aliphatic heterocycles. The van der Waals surface area contributed by atoms with Crippen LogP contribution >= 0.6 is 23.4 Å². The minimum atomic E-state index is -0.326. The zero-order valence-electron chi connectivity index (χ0n) is 21.5. The molecule has 3 aromatic rings. The third-order valence-corrected chi connectivity index (χ3v) is 8.70. The Kier molecular flexibility index (Phi) is 8.60. The zero-order chi connectivity index (χ0) is 26.5. The Hall–Kier alpha value is -2.96. The first-order valence-electron chi connectivity index (χ1n) is 13.2. The Labute approximate surface area is 233 Å². The lowest BCUT2D eigenvalue weighted by Gasteiger charge is -2.39. The second-order valence-electron chi connectivity index (χ2n) is 9.83. The second-order valence-corrected chi connectivity index (χ2v) is 11.2. The molecule has 0 aromatic heterocycles. The lowest BCUT2D eigenvalue weighted by Crippen LogP contribution is -2.49. The van der Waals surface area contributed by atoms with Crippen molar-refractivity contribution in [2.24, 2.45) is 0 Å². The zero-order valence-corrected chi connectivity index (χ0v) is 23.0. The molecule has 38 heavy (non-hydrogen) atoms. The smallest absolute Gasteiger partial charge is 0.338 e. The monoisotopic (exact) mass is 549 g/mol. The van der Waals surface area contributed by atoms with Crippen LogP contribution in [0.25, 0.3) is 0 Å². The molecule has 2 saturated heterocycles. The molecule has 2 bridgehead atoms. The van der Waals surface area contributed by atoms with E-state index in [-0.39, 0.29) is 30.1 Å². The van der Waals surface area contributed by atoms with Gasteiger partial charge in [-0.3, -0.25) is 4.79 Å². The number of carbonyl (C=O) groups excluding carboxylic acids is 2. The average molecular weight is 550 g/mol. The Morgan fingerprint density at radius 1 is 0.895 bits per heavy atom. The standard InChI is InChI=1S/C31H32ClNO4S/c1-2-36-31(35)23-11-15-27(16-12-23)37-28-17-25-13-14-26(18-28)33(25)30(34)22-9-7-21(8-10-22)19-38-20-24-5-3-4-6-29(24)32/h3-12,15-16,25-26,28H,2,13-14,17-20H2,1H3. The van der Waals surface area contributed by atoms with Crippen LogP contribution in [0.15, 0.2) is 72.8 Å². The van der Waals surface area contributed by atoms with Gasteiger partial charge in [0.1, 0.15) is 11.9 Å². The maximum absolute atomic E-state index is 13.4. The van der Waals surface area contributed by atoms with Gasteiger partial charge >= 0.3 is 5.97 Å². The van der Waals surface area contributed by atoms with Crippen molar-refractivity contribution < 1.29 is 19.1 Å². The fraction of sp³-hybridized carbons (Fsp3) is 0.355. The number of amides is 1. The predicted octanol–water partition coefficient (Wildman–Crippen LogP) is 7.16. The van der Waals surface area contributed by atoms with Crippen LogP contribution in [0.5, 0.6) is 5.75 Å². The molecule has 0 spiro atoms. The van der Waals surface area contributed by atoms with E-state index in [1.807, 2.05) is 54.2 Å². The lowest BCUT2D eigenvalue weighted by molar-refractivity contribution is 0.0359. The van der Waals surface area contributed by atoms with Gasteiger partial charge in [-0.25, -0.2) is 4.79 Å². The number of hydrogen-bond donors (Lipinski definition) is 0. The van der Waals surface area contributed by atoms with E-state index < -0.39 is 0 Å². The van der Waals surface area contributed by atoms with Crippen molar-refractivity contribution in [2.75, 3.05) is 6.61 Å². The van der Waals surface area contributed by atoms with Gasteiger partial charge in [-0.1, -0.05) is 41.9 Å². The van der Waals surface area contributed by atoms with Crippen LogP contribution in [-0.2, 0) is 16.2 Å². The number of fused-ring (bicyclic) bond motifs is 2. The van der Waals surface area contributed by atoms with Crippen molar-refractivity contribution >= 4 is 35.2 Å². The number of nitrogens with zero attached hydrogens (tertiary/aromatic N) is 1. The number of rotatable bonds is 9. The fourth-order valence-corrected chi connectivity index (χ4v) is 6.70. The van der Waals surface area contributed by atoms with E-state index >= 15 is 0 Å². The highest BCUT2D eigenvalue weighted by Gasteiger charge is 2.44. The summed E-state index contributed by atoms with van der Waals surface area (Å²) >= 11 is 8.08. The summed E-state index contributed by atoms with van der Waals surface area (Å²) in [6.07, 6.45) is 3.71. The van der Waals surface area contributed by atoms with Gasteiger partial charge in [0.05, 0.1) is 12.2 Å². The molecule has 2 unspecified atom stereocenters. The van der Waals surface area contributed by atoms with Crippen LogP contribution in [0, 0.1) is 0 Å². The third kappa shape index (κ3) is 6.19. The maximum atomic E-state index is 13.4. The maximum Gasteiger partial charge on any atom is 0.338 e. The molecule has 198 valence electrons. The van der Waals surface area contributed by atoms with Gasteiger partial charge in [-0.2, -0.15) is 11.8 Å². The molecule has 2 fully saturated rings. The summed E-state index contributed by atoms with van der Waals surface area (Å²) in [6, 6.07) is 23.5. The van der Waals surface area contributed by atoms with Crippen LogP contribution in [0.2, 0.25) is 5.02 Å².